The van der Waals surface area contributed by atoms with E-state index in [-0.39, 0.29) is 6.54 Å². The van der Waals surface area contributed by atoms with Gasteiger partial charge >= 0.3 is 0 Å². The van der Waals surface area contributed by atoms with E-state index in [2.05, 4.69) is 24.0 Å². The molecule has 0 spiro atoms. The van der Waals surface area contributed by atoms with Crippen LogP contribution in [0.15, 0.2) is 24.3 Å². The molecular weight excluding hydrogens is 203 g/mol. The first kappa shape index (κ1) is 11.4. The van der Waals surface area contributed by atoms with E-state index in [4.69, 9.17) is 5.73 Å². The largest absolute Gasteiger partial charge is 0.368 e. The normalized spacial score (nSPS) is 25.8. The maximum atomic E-state index is 14.2. The van der Waals surface area contributed by atoms with Gasteiger partial charge in [0.1, 0.15) is 5.67 Å². The van der Waals surface area contributed by atoms with Crippen molar-refractivity contribution in [1.29, 1.82) is 0 Å². The Labute approximate surface area is 96.2 Å². The first-order valence-electron chi connectivity index (χ1n) is 5.84. The van der Waals surface area contributed by atoms with Gasteiger partial charge in [0.25, 0.3) is 0 Å². The van der Waals surface area contributed by atoms with E-state index in [9.17, 15) is 4.39 Å². The minimum atomic E-state index is -1.21. The van der Waals surface area contributed by atoms with Crippen LogP contribution in [0.1, 0.15) is 18.4 Å². The van der Waals surface area contributed by atoms with Crippen molar-refractivity contribution < 1.29 is 4.39 Å². The smallest absolute Gasteiger partial charge is 0.140 e. The van der Waals surface area contributed by atoms with E-state index in [0.29, 0.717) is 13.0 Å². The summed E-state index contributed by atoms with van der Waals surface area (Å²) in [4.78, 5) is 2.12. The van der Waals surface area contributed by atoms with Crippen molar-refractivity contribution in [3.63, 3.8) is 0 Å². The van der Waals surface area contributed by atoms with E-state index in [1.165, 1.54) is 5.56 Å². The second-order valence-electron chi connectivity index (χ2n) is 4.67. The predicted molar refractivity (Wildman–Crippen MR) is 65.5 cm³/mol. The molecule has 3 heteroatoms. The summed E-state index contributed by atoms with van der Waals surface area (Å²) in [6, 6.07) is 8.12. The highest BCUT2D eigenvalue weighted by molar-refractivity contribution is 5.53. The third-order valence-corrected chi connectivity index (χ3v) is 3.35. The molecular formula is C13H19FN2. The average molecular weight is 222 g/mol. The number of halogens is 1. The minimum Gasteiger partial charge on any atom is -0.368 e. The van der Waals surface area contributed by atoms with Crippen LogP contribution in [0, 0.1) is 6.92 Å². The fourth-order valence-electron chi connectivity index (χ4n) is 2.38. The lowest BCUT2D eigenvalue weighted by Gasteiger charge is -2.38. The van der Waals surface area contributed by atoms with Gasteiger partial charge in [0.05, 0.1) is 6.54 Å². The third kappa shape index (κ3) is 2.19. The van der Waals surface area contributed by atoms with Crippen LogP contribution in [0.3, 0.4) is 0 Å². The molecule has 1 unspecified atom stereocenters. The Morgan fingerprint density at radius 3 is 2.88 bits per heavy atom. The molecule has 1 saturated heterocycles. The van der Waals surface area contributed by atoms with E-state index in [0.717, 1.165) is 18.7 Å². The fourth-order valence-corrected chi connectivity index (χ4v) is 2.38. The molecule has 0 aliphatic carbocycles. The molecule has 2 rings (SSSR count). The van der Waals surface area contributed by atoms with Gasteiger partial charge in [0.2, 0.25) is 0 Å². The summed E-state index contributed by atoms with van der Waals surface area (Å²) in [5.41, 5.74) is 6.64. The van der Waals surface area contributed by atoms with Gasteiger partial charge in [-0.25, -0.2) is 4.39 Å². The number of anilines is 1. The maximum Gasteiger partial charge on any atom is 0.140 e. The summed E-state index contributed by atoms with van der Waals surface area (Å²) in [5, 5.41) is 0. The number of alkyl halides is 1. The van der Waals surface area contributed by atoms with E-state index < -0.39 is 5.67 Å². The molecule has 0 aromatic heterocycles. The monoisotopic (exact) mass is 222 g/mol. The van der Waals surface area contributed by atoms with Gasteiger partial charge in [0.15, 0.2) is 0 Å². The number of hydrogen-bond donors (Lipinski definition) is 1. The lowest BCUT2D eigenvalue weighted by molar-refractivity contribution is 0.146. The summed E-state index contributed by atoms with van der Waals surface area (Å²) in [5.74, 6) is 0. The first-order valence-corrected chi connectivity index (χ1v) is 5.84. The van der Waals surface area contributed by atoms with Crippen molar-refractivity contribution >= 4 is 5.69 Å². The number of para-hydroxylation sites is 1. The second kappa shape index (κ2) is 4.42. The molecule has 1 aliphatic rings. The van der Waals surface area contributed by atoms with Gasteiger partial charge in [-0.15, -0.1) is 0 Å². The van der Waals surface area contributed by atoms with Crippen LogP contribution in [0.4, 0.5) is 10.1 Å². The molecule has 1 aliphatic heterocycles. The lowest BCUT2D eigenvalue weighted by atomic mass is 9.94. The number of nitrogens with zero attached hydrogens (tertiary/aromatic N) is 1. The first-order chi connectivity index (χ1) is 7.64. The minimum absolute atomic E-state index is 0.120. The molecule has 0 saturated carbocycles. The van der Waals surface area contributed by atoms with Gasteiger partial charge in [-0.2, -0.15) is 0 Å². The van der Waals surface area contributed by atoms with Crippen molar-refractivity contribution in [2.24, 2.45) is 5.73 Å². The van der Waals surface area contributed by atoms with Crippen LogP contribution in [-0.4, -0.2) is 25.3 Å². The summed E-state index contributed by atoms with van der Waals surface area (Å²) in [6.07, 6.45) is 1.47. The van der Waals surface area contributed by atoms with Crippen LogP contribution in [0.25, 0.3) is 0 Å². The van der Waals surface area contributed by atoms with Gasteiger partial charge < -0.3 is 10.6 Å². The van der Waals surface area contributed by atoms with Crippen LogP contribution in [-0.2, 0) is 0 Å². The Balaban J connectivity index is 2.19. The third-order valence-electron chi connectivity index (χ3n) is 3.35. The number of hydrogen-bond acceptors (Lipinski definition) is 2. The van der Waals surface area contributed by atoms with Crippen LogP contribution in [0.5, 0.6) is 0 Å². The summed E-state index contributed by atoms with van der Waals surface area (Å²) < 4.78 is 14.2. The highest BCUT2D eigenvalue weighted by Crippen LogP contribution is 2.29. The number of piperidine rings is 1. The van der Waals surface area contributed by atoms with Gasteiger partial charge in [-0.05, 0) is 31.4 Å². The summed E-state index contributed by atoms with van der Waals surface area (Å²) in [7, 11) is 0. The fraction of sp³-hybridized carbons (Fsp3) is 0.538. The van der Waals surface area contributed by atoms with E-state index in [1.54, 1.807) is 0 Å². The van der Waals surface area contributed by atoms with Crippen LogP contribution >= 0.6 is 0 Å². The van der Waals surface area contributed by atoms with Crippen molar-refractivity contribution in [2.75, 3.05) is 24.5 Å². The molecule has 2 nitrogen and oxygen atoms in total. The Bertz CT molecular complexity index is 367. The van der Waals surface area contributed by atoms with E-state index in [1.807, 2.05) is 12.1 Å². The molecule has 0 radical (unpaired) electrons. The zero-order valence-electron chi connectivity index (χ0n) is 9.75. The molecule has 1 fully saturated rings. The molecule has 1 aromatic rings. The Morgan fingerprint density at radius 1 is 1.44 bits per heavy atom. The zero-order chi connectivity index (χ0) is 11.6. The van der Waals surface area contributed by atoms with Crippen molar-refractivity contribution in [3.05, 3.63) is 29.8 Å². The number of aryl methyl sites for hydroxylation is 1. The van der Waals surface area contributed by atoms with Crippen molar-refractivity contribution in [3.8, 4) is 0 Å². The molecule has 88 valence electrons. The predicted octanol–water partition coefficient (Wildman–Crippen LogP) is 2.26. The molecule has 0 amide bonds. The van der Waals surface area contributed by atoms with Gasteiger partial charge in [-0.3, -0.25) is 0 Å². The molecule has 0 bridgehead atoms. The van der Waals surface area contributed by atoms with Crippen molar-refractivity contribution in [1.82, 2.24) is 0 Å². The van der Waals surface area contributed by atoms with Gasteiger partial charge in [-0.1, -0.05) is 18.2 Å². The molecule has 1 heterocycles. The maximum absolute atomic E-state index is 14.2. The summed E-state index contributed by atoms with van der Waals surface area (Å²) in [6.45, 7) is 3.53. The van der Waals surface area contributed by atoms with Crippen LogP contribution in [0.2, 0.25) is 0 Å². The summed E-state index contributed by atoms with van der Waals surface area (Å²) >= 11 is 0. The van der Waals surface area contributed by atoms with Gasteiger partial charge in [0, 0.05) is 18.8 Å². The SMILES string of the molecule is Cc1ccccc1N1CCCC(F)(CN)C1. The Morgan fingerprint density at radius 2 is 2.19 bits per heavy atom. The van der Waals surface area contributed by atoms with E-state index >= 15 is 0 Å². The number of nitrogens with two attached hydrogens (primary N) is 1. The standard InChI is InChI=1S/C13H19FN2/c1-11-5-2-3-6-12(11)16-8-4-7-13(14,9-15)10-16/h2-3,5-6H,4,7-10,15H2,1H3. The molecule has 1 aromatic carbocycles. The number of benzene rings is 1. The second-order valence-corrected chi connectivity index (χ2v) is 4.67. The zero-order valence-corrected chi connectivity index (χ0v) is 9.75. The molecule has 2 N–H and O–H groups in total. The highest BCUT2D eigenvalue weighted by Gasteiger charge is 2.34. The Hall–Kier alpha value is -1.09. The Kier molecular flexibility index (Phi) is 3.15. The average Bonchev–Trinajstić information content (AvgIpc) is 2.30. The molecule has 16 heavy (non-hydrogen) atoms. The number of rotatable bonds is 2. The lowest BCUT2D eigenvalue weighted by Crippen LogP contribution is -2.49. The molecule has 1 atom stereocenters. The van der Waals surface area contributed by atoms with Crippen LogP contribution < -0.4 is 10.6 Å². The highest BCUT2D eigenvalue weighted by atomic mass is 19.1. The van der Waals surface area contributed by atoms with Crippen molar-refractivity contribution in [2.45, 2.75) is 25.4 Å². The quantitative estimate of drug-likeness (QED) is 0.831. The topological polar surface area (TPSA) is 29.3 Å².